The number of sulfone groups is 4. The van der Waals surface area contributed by atoms with E-state index in [-0.39, 0.29) is 123 Å². The fraction of sp³-hybridized carbons (Fsp3) is 0.455. The molecule has 8 aliphatic rings. The van der Waals surface area contributed by atoms with Gasteiger partial charge in [0.05, 0.1) is 93.4 Å². The highest BCUT2D eigenvalue weighted by Gasteiger charge is 2.44. The number of halogens is 7. The highest BCUT2D eigenvalue weighted by Crippen LogP contribution is 2.43. The van der Waals surface area contributed by atoms with Crippen LogP contribution in [-0.4, -0.2) is 209 Å². The molecule has 0 bridgehead atoms. The van der Waals surface area contributed by atoms with Crippen LogP contribution in [-0.2, 0) is 70.9 Å². The van der Waals surface area contributed by atoms with Gasteiger partial charge in [0.25, 0.3) is 0 Å². The zero-order chi connectivity index (χ0) is 86.9. The number of methoxy groups -OCH3 is 1. The molecule has 0 N–H and O–H groups in total. The van der Waals surface area contributed by atoms with E-state index < -0.39 is 62.8 Å². The predicted octanol–water partition coefficient (Wildman–Crippen LogP) is 14.7. The summed E-state index contributed by atoms with van der Waals surface area (Å²) in [7, 11) is -10.4. The molecule has 8 aliphatic heterocycles. The van der Waals surface area contributed by atoms with Gasteiger partial charge in [0.1, 0.15) is 45.1 Å². The molecule has 2 aromatic heterocycles. The van der Waals surface area contributed by atoms with Crippen molar-refractivity contribution in [3.63, 3.8) is 0 Å². The average molecular weight is 1820 g/mol. The smallest absolute Gasteiger partial charge is 0.417 e. The van der Waals surface area contributed by atoms with E-state index in [1.54, 1.807) is 51.7 Å². The number of hydrogen-bond acceptors (Lipinski definition) is 19. The van der Waals surface area contributed by atoms with Gasteiger partial charge >= 0.3 is 12.4 Å². The number of nitrogens with zero attached hydrogens (tertiary/aromatic N) is 8. The first kappa shape index (κ1) is 91.0. The van der Waals surface area contributed by atoms with Crippen molar-refractivity contribution < 1.29 is 83.9 Å². The van der Waals surface area contributed by atoms with Crippen molar-refractivity contribution in [2.75, 3.05) is 151 Å². The van der Waals surface area contributed by atoms with Gasteiger partial charge in [-0.05, 0) is 165 Å². The van der Waals surface area contributed by atoms with Gasteiger partial charge in [-0.1, -0.05) is 109 Å². The molecule has 4 amide bonds. The molecule has 0 radical (unpaired) electrons. The van der Waals surface area contributed by atoms with Crippen LogP contribution in [0, 0.1) is 30.6 Å². The van der Waals surface area contributed by atoms with Crippen molar-refractivity contribution in [3.8, 4) is 5.75 Å². The van der Waals surface area contributed by atoms with Crippen LogP contribution in [0.15, 0.2) is 187 Å². The second-order valence-electron chi connectivity index (χ2n) is 32.2. The summed E-state index contributed by atoms with van der Waals surface area (Å²) in [5.74, 6) is 0.433. The van der Waals surface area contributed by atoms with E-state index in [2.05, 4.69) is 46.2 Å². The minimum atomic E-state index is -4.56. The van der Waals surface area contributed by atoms with Gasteiger partial charge in [-0.15, -0.1) is 22.7 Å². The number of aryl methyl sites for hydroxylation is 1. The van der Waals surface area contributed by atoms with Gasteiger partial charge in [-0.25, -0.2) is 33.7 Å². The first-order valence-electron chi connectivity index (χ1n) is 41.0. The van der Waals surface area contributed by atoms with Crippen LogP contribution in [0.1, 0.15) is 113 Å². The fourth-order valence-electron chi connectivity index (χ4n) is 17.5. The number of piperazine rings is 4. The fourth-order valence-corrected chi connectivity index (χ4v) is 25.3. The number of alkyl halides is 6. The standard InChI is InChI=1S/C23H24ClF3N2O3S.C23H25F3N2O3S.C22H28N2O4S2.C20H24N2O3S2/c24-20-7-6-18(14-19(20)23(25,26)27)28-10-11-29(21(15-28)16-4-2-1-3-5-16)22(30)17-8-12-33(31,32)13-9-17;24-23(25,26)19-7-4-8-20(15-19)27-11-12-28(21(16-27)17-5-2-1-3-6-17)22(29)18-9-13-32(30,31)14-10-18;1-16-14-18(5-6-20(16)28-2)23-9-10-24(19(15-23)21-4-3-11-29-21)22(25)17-7-12-30(26,27)13-8-17;23-20(16-8-13-27(24,25)14-9-16)22-11-10-21(17-5-2-1-3-6-17)15-18(22)19-7-4-12-26-19/h1-7,14,17,21H,8-13,15H2;1-8,15,18,21H,9-14,16H2;3-6,11,14,17,19H,7-10,12-13,15H2,1-2H3;1-7,12,16,18H,8-11,13-15H2. The Hall–Kier alpha value is -8.73. The van der Waals surface area contributed by atoms with Crippen molar-refractivity contribution in [2.24, 2.45) is 23.7 Å². The number of carbonyl (C=O) groups excluding carboxylic acids is 4. The van der Waals surface area contributed by atoms with E-state index >= 15 is 0 Å². The lowest BCUT2D eigenvalue weighted by atomic mass is 9.96. The third-order valence-electron chi connectivity index (χ3n) is 24.4. The third-order valence-corrected chi connectivity index (χ3v) is 33.5. The summed E-state index contributed by atoms with van der Waals surface area (Å²) in [6.45, 7) is 8.51. The molecule has 8 aromatic rings. The normalized spacial score (nSPS) is 22.3. The maximum atomic E-state index is 13.4. The van der Waals surface area contributed by atoms with Crippen molar-refractivity contribution in [1.29, 1.82) is 0 Å². The minimum absolute atomic E-state index is 0.00433. The molecule has 21 nitrogen and oxygen atoms in total. The summed E-state index contributed by atoms with van der Waals surface area (Å²) in [5.41, 5.74) is 4.45. The van der Waals surface area contributed by atoms with Crippen LogP contribution in [0.2, 0.25) is 5.02 Å². The minimum Gasteiger partial charge on any atom is -0.496 e. The monoisotopic (exact) mass is 1820 g/mol. The molecule has 0 aliphatic carbocycles. The summed E-state index contributed by atoms with van der Waals surface area (Å²) in [6.07, 6.45) is -5.96. The van der Waals surface area contributed by atoms with E-state index in [9.17, 15) is 79.2 Å². The maximum absolute atomic E-state index is 13.4. The van der Waals surface area contributed by atoms with Crippen molar-refractivity contribution >= 4 is 120 Å². The summed E-state index contributed by atoms with van der Waals surface area (Å²) >= 11 is 9.13. The Balaban J connectivity index is 0.000000140. The zero-order valence-electron chi connectivity index (χ0n) is 67.8. The van der Waals surface area contributed by atoms with Crippen LogP contribution in [0.3, 0.4) is 0 Å². The first-order chi connectivity index (χ1) is 58.1. The lowest BCUT2D eigenvalue weighted by Gasteiger charge is -2.44. The summed E-state index contributed by atoms with van der Waals surface area (Å²) in [4.78, 5) is 71.5. The molecule has 0 spiro atoms. The molecule has 8 fully saturated rings. The second-order valence-corrected chi connectivity index (χ2v) is 43.8. The summed E-state index contributed by atoms with van der Waals surface area (Å²) < 4.78 is 179. The van der Waals surface area contributed by atoms with Gasteiger partial charge in [-0.3, -0.25) is 19.2 Å². The zero-order valence-corrected chi connectivity index (χ0v) is 73.5. The molecule has 16 rings (SSSR count). The Morgan fingerprint density at radius 3 is 1.04 bits per heavy atom. The third kappa shape index (κ3) is 22.9. The van der Waals surface area contributed by atoms with Crippen molar-refractivity contribution in [3.05, 3.63) is 229 Å². The predicted molar refractivity (Wildman–Crippen MR) is 466 cm³/mol. The molecule has 4 unspecified atom stereocenters. The number of rotatable bonds is 13. The quantitative estimate of drug-likeness (QED) is 0.0975. The molecule has 8 saturated heterocycles. The van der Waals surface area contributed by atoms with Crippen molar-refractivity contribution in [2.45, 2.75) is 94.8 Å². The van der Waals surface area contributed by atoms with Crippen LogP contribution < -0.4 is 24.3 Å². The maximum Gasteiger partial charge on any atom is 0.417 e. The molecule has 34 heteroatoms. The number of ether oxygens (including phenoxy) is 1. The SMILES string of the molecule is COc1ccc(N2CCN(C(=O)C3CCS(=O)(=O)CC3)C(c3cccs3)C2)cc1C.O=C(C1CCS(=O)(=O)CC1)N1CCN(c2ccc(Cl)c(C(F)(F)F)c2)CC1c1ccccc1.O=C(C1CCS(=O)(=O)CC1)N1CCN(c2cccc(C(F)(F)F)c2)CC1c1ccccc1.O=C(C1CCS(=O)(=O)CC1)N1CCN(c2ccccc2)CC1c1cccs1. The number of carbonyl (C=O) groups is 4. The molecule has 6 aromatic carbocycles. The van der Waals surface area contributed by atoms with E-state index in [4.69, 9.17) is 16.3 Å². The van der Waals surface area contributed by atoms with Gasteiger partial charge < -0.3 is 43.9 Å². The van der Waals surface area contributed by atoms with Crippen LogP contribution in [0.5, 0.6) is 5.75 Å². The van der Waals surface area contributed by atoms with E-state index in [1.807, 2.05) is 134 Å². The highest BCUT2D eigenvalue weighted by molar-refractivity contribution is 7.92. The lowest BCUT2D eigenvalue weighted by Crippen LogP contribution is -2.53. The average Bonchev–Trinajstić information content (AvgIpc) is 1.09. The summed E-state index contributed by atoms with van der Waals surface area (Å²) in [5, 5.41) is 3.74. The highest BCUT2D eigenvalue weighted by atomic mass is 35.5. The molecule has 10 heterocycles. The number of para-hydroxylation sites is 1. The Morgan fingerprint density at radius 2 is 0.697 bits per heavy atom. The van der Waals surface area contributed by atoms with Gasteiger partial charge in [0, 0.05) is 135 Å². The van der Waals surface area contributed by atoms with E-state index in [0.29, 0.717) is 115 Å². The van der Waals surface area contributed by atoms with Gasteiger partial charge in [0.15, 0.2) is 0 Å². The van der Waals surface area contributed by atoms with Gasteiger partial charge in [-0.2, -0.15) is 26.3 Å². The number of anilines is 4. The molecule has 122 heavy (non-hydrogen) atoms. The van der Waals surface area contributed by atoms with Gasteiger partial charge in [0.2, 0.25) is 23.6 Å². The van der Waals surface area contributed by atoms with Crippen LogP contribution >= 0.6 is 34.3 Å². The van der Waals surface area contributed by atoms with E-state index in [1.165, 1.54) is 27.6 Å². The van der Waals surface area contributed by atoms with E-state index in [0.717, 1.165) is 72.5 Å². The largest absolute Gasteiger partial charge is 0.496 e. The number of amides is 4. The first-order valence-corrected chi connectivity index (χ1v) is 50.5. The van der Waals surface area contributed by atoms with Crippen LogP contribution in [0.25, 0.3) is 0 Å². The molecular formula is C88H101ClF6N8O13S6. The summed E-state index contributed by atoms with van der Waals surface area (Å²) in [6, 6.07) is 51.9. The Morgan fingerprint density at radius 1 is 0.369 bits per heavy atom. The molecule has 4 atom stereocenters. The molecule has 656 valence electrons. The number of hydrogen-bond donors (Lipinski definition) is 0. The topological polar surface area (TPSA) is 240 Å². The number of thiophene rings is 2. The molecule has 0 saturated carbocycles. The molecular weight excluding hydrogens is 1720 g/mol. The Labute approximate surface area is 723 Å². The van der Waals surface area contributed by atoms with Crippen LogP contribution in [0.4, 0.5) is 49.1 Å². The number of benzene rings is 6. The Kier molecular flexibility index (Phi) is 29.2. The second kappa shape index (κ2) is 39.2. The Bertz CT molecular complexity index is 5370. The lowest BCUT2D eigenvalue weighted by molar-refractivity contribution is -0.139. The van der Waals surface area contributed by atoms with Crippen molar-refractivity contribution in [1.82, 2.24) is 19.6 Å².